The number of amides is 1. The van der Waals surface area contributed by atoms with Crippen molar-refractivity contribution in [1.82, 2.24) is 4.90 Å². The predicted molar refractivity (Wildman–Crippen MR) is 101 cm³/mol. The van der Waals surface area contributed by atoms with Gasteiger partial charge in [-0.25, -0.2) is 0 Å². The van der Waals surface area contributed by atoms with E-state index in [1.54, 1.807) is 0 Å². The highest BCUT2D eigenvalue weighted by molar-refractivity contribution is 9.10. The van der Waals surface area contributed by atoms with E-state index in [0.29, 0.717) is 13.0 Å². The second-order valence-electron chi connectivity index (χ2n) is 6.24. The third-order valence-electron chi connectivity index (χ3n) is 4.42. The van der Waals surface area contributed by atoms with Crippen molar-refractivity contribution in [2.24, 2.45) is 0 Å². The van der Waals surface area contributed by atoms with Crippen LogP contribution in [0.1, 0.15) is 36.8 Å². The Morgan fingerprint density at radius 1 is 0.917 bits per heavy atom. The molecule has 0 bridgehead atoms. The molecule has 0 radical (unpaired) electrons. The summed E-state index contributed by atoms with van der Waals surface area (Å²) in [6.07, 6.45) is 6.85. The Hall–Kier alpha value is -1.87. The average Bonchev–Trinajstić information content (AvgIpc) is 2.60. The van der Waals surface area contributed by atoms with Crippen molar-refractivity contribution in [1.29, 1.82) is 0 Å². The van der Waals surface area contributed by atoms with E-state index in [9.17, 15) is 4.79 Å². The van der Waals surface area contributed by atoms with E-state index in [0.717, 1.165) is 25.7 Å². The van der Waals surface area contributed by atoms with Crippen molar-refractivity contribution < 1.29 is 4.79 Å². The molecule has 1 aliphatic heterocycles. The number of benzene rings is 2. The molecule has 3 heteroatoms. The van der Waals surface area contributed by atoms with Crippen molar-refractivity contribution in [2.45, 2.75) is 38.6 Å². The molecule has 0 fully saturated rings. The number of aryl methyl sites for hydroxylation is 1. The highest BCUT2D eigenvalue weighted by Gasteiger charge is 2.18. The Morgan fingerprint density at radius 2 is 1.67 bits per heavy atom. The third-order valence-corrected chi connectivity index (χ3v) is 5.19. The van der Waals surface area contributed by atoms with Gasteiger partial charge in [0.05, 0.1) is 6.54 Å². The van der Waals surface area contributed by atoms with Gasteiger partial charge in [0.2, 0.25) is 5.91 Å². The first-order valence-electron chi connectivity index (χ1n) is 8.49. The second kappa shape index (κ2) is 8.29. The zero-order chi connectivity index (χ0) is 16.8. The van der Waals surface area contributed by atoms with Gasteiger partial charge < -0.3 is 4.90 Å². The molecular formula is C21H22BrNO. The minimum absolute atomic E-state index is 0.230. The summed E-state index contributed by atoms with van der Waals surface area (Å²) >= 11 is 3.61. The molecule has 2 nitrogen and oxygen atoms in total. The van der Waals surface area contributed by atoms with Gasteiger partial charge in [-0.2, -0.15) is 0 Å². The lowest BCUT2D eigenvalue weighted by Gasteiger charge is -2.25. The van der Waals surface area contributed by atoms with E-state index in [1.807, 2.05) is 29.2 Å². The summed E-state index contributed by atoms with van der Waals surface area (Å²) in [5.74, 6) is 0.230. The summed E-state index contributed by atoms with van der Waals surface area (Å²) < 4.78 is 1.18. The van der Waals surface area contributed by atoms with Gasteiger partial charge in [0.15, 0.2) is 0 Å². The number of allylic oxidation sites excluding steroid dienone is 1. The Kier molecular flexibility index (Phi) is 5.86. The Balaban J connectivity index is 1.58. The maximum Gasteiger partial charge on any atom is 0.227 e. The van der Waals surface area contributed by atoms with Crippen molar-refractivity contribution in [3.63, 3.8) is 0 Å². The fraction of sp³-hybridized carbons (Fsp3) is 0.286. The summed E-state index contributed by atoms with van der Waals surface area (Å²) in [6.45, 7) is 0.674. The topological polar surface area (TPSA) is 20.3 Å². The molecule has 0 aliphatic carbocycles. The van der Waals surface area contributed by atoms with Gasteiger partial charge in [-0.15, -0.1) is 0 Å². The van der Waals surface area contributed by atoms with Gasteiger partial charge >= 0.3 is 0 Å². The summed E-state index contributed by atoms with van der Waals surface area (Å²) in [4.78, 5) is 14.0. The zero-order valence-corrected chi connectivity index (χ0v) is 15.3. The highest BCUT2D eigenvalue weighted by Crippen LogP contribution is 2.24. The van der Waals surface area contributed by atoms with Crippen LogP contribution in [0.5, 0.6) is 0 Å². The zero-order valence-electron chi connectivity index (χ0n) is 13.7. The monoisotopic (exact) mass is 383 g/mol. The van der Waals surface area contributed by atoms with Crippen LogP contribution in [-0.4, -0.2) is 10.8 Å². The predicted octanol–water partition coefficient (Wildman–Crippen LogP) is 5.48. The van der Waals surface area contributed by atoms with Crippen LogP contribution in [0.3, 0.4) is 0 Å². The van der Waals surface area contributed by atoms with E-state index < -0.39 is 0 Å². The summed E-state index contributed by atoms with van der Waals surface area (Å²) in [7, 11) is 0. The van der Waals surface area contributed by atoms with Crippen LogP contribution in [0.15, 0.2) is 70.8 Å². The molecule has 1 heterocycles. The van der Waals surface area contributed by atoms with E-state index >= 15 is 0 Å². The molecule has 24 heavy (non-hydrogen) atoms. The average molecular weight is 384 g/mol. The van der Waals surface area contributed by atoms with Crippen LogP contribution in [0.4, 0.5) is 0 Å². The van der Waals surface area contributed by atoms with Gasteiger partial charge in [-0.1, -0.05) is 70.0 Å². The highest BCUT2D eigenvalue weighted by atomic mass is 79.9. The van der Waals surface area contributed by atoms with Gasteiger partial charge in [0.1, 0.15) is 0 Å². The summed E-state index contributed by atoms with van der Waals surface area (Å²) in [5.41, 5.74) is 3.92. The minimum Gasteiger partial charge on any atom is -0.315 e. The molecule has 124 valence electrons. The van der Waals surface area contributed by atoms with Gasteiger partial charge in [0, 0.05) is 17.1 Å². The van der Waals surface area contributed by atoms with Crippen molar-refractivity contribution in [2.75, 3.05) is 0 Å². The van der Waals surface area contributed by atoms with Crippen LogP contribution in [-0.2, 0) is 17.8 Å². The number of hydrogen-bond acceptors (Lipinski definition) is 1. The molecule has 1 aliphatic rings. The van der Waals surface area contributed by atoms with Gasteiger partial charge in [0.25, 0.3) is 0 Å². The maximum atomic E-state index is 12.2. The molecule has 3 rings (SSSR count). The molecule has 2 aromatic rings. The molecule has 0 saturated carbocycles. The smallest absolute Gasteiger partial charge is 0.227 e. The van der Waals surface area contributed by atoms with E-state index in [4.69, 9.17) is 0 Å². The standard InChI is InChI=1S/C21H22BrNO/c22-20-12-5-4-10-19(20)11-6-9-18-13-14-21(24)23(16-18)15-17-7-2-1-3-8-17/h1-5,7-8,10,12,16H,6,9,11,13-15H2. The van der Waals surface area contributed by atoms with Crippen LogP contribution < -0.4 is 0 Å². The largest absolute Gasteiger partial charge is 0.315 e. The molecular weight excluding hydrogens is 362 g/mol. The maximum absolute atomic E-state index is 12.2. The first kappa shape index (κ1) is 17.0. The first-order chi connectivity index (χ1) is 11.7. The van der Waals surface area contributed by atoms with Crippen LogP contribution >= 0.6 is 15.9 Å². The summed E-state index contributed by atoms with van der Waals surface area (Å²) in [5, 5.41) is 0. The van der Waals surface area contributed by atoms with Gasteiger partial charge in [-0.3, -0.25) is 4.79 Å². The quantitative estimate of drug-likeness (QED) is 0.646. The normalized spacial score (nSPS) is 14.6. The van der Waals surface area contributed by atoms with E-state index in [1.165, 1.54) is 21.2 Å². The van der Waals surface area contributed by atoms with Crippen molar-refractivity contribution in [3.8, 4) is 0 Å². The molecule has 0 saturated heterocycles. The Bertz CT molecular complexity index is 724. The van der Waals surface area contributed by atoms with Crippen LogP contribution in [0.25, 0.3) is 0 Å². The molecule has 0 atom stereocenters. The molecule has 0 unspecified atom stereocenters. The Morgan fingerprint density at radius 3 is 2.46 bits per heavy atom. The fourth-order valence-electron chi connectivity index (χ4n) is 3.08. The minimum atomic E-state index is 0.230. The molecule has 0 N–H and O–H groups in total. The molecule has 0 aromatic heterocycles. The number of carbonyl (C=O) groups is 1. The van der Waals surface area contributed by atoms with Crippen LogP contribution in [0.2, 0.25) is 0 Å². The van der Waals surface area contributed by atoms with E-state index in [2.05, 4.69) is 52.5 Å². The molecule has 1 amide bonds. The Labute approximate surface area is 152 Å². The van der Waals surface area contributed by atoms with Gasteiger partial charge in [-0.05, 0) is 42.9 Å². The first-order valence-corrected chi connectivity index (χ1v) is 9.28. The molecule has 0 spiro atoms. The lowest BCUT2D eigenvalue weighted by molar-refractivity contribution is -0.129. The number of nitrogens with zero attached hydrogens (tertiary/aromatic N) is 1. The van der Waals surface area contributed by atoms with Crippen molar-refractivity contribution in [3.05, 3.63) is 82.0 Å². The SMILES string of the molecule is O=C1CCC(CCCc2ccccc2Br)=CN1Cc1ccccc1. The van der Waals surface area contributed by atoms with E-state index in [-0.39, 0.29) is 5.91 Å². The summed E-state index contributed by atoms with van der Waals surface area (Å²) in [6, 6.07) is 18.6. The number of rotatable bonds is 6. The van der Waals surface area contributed by atoms with Crippen LogP contribution in [0, 0.1) is 0 Å². The van der Waals surface area contributed by atoms with Crippen molar-refractivity contribution >= 4 is 21.8 Å². The fourth-order valence-corrected chi connectivity index (χ4v) is 3.56. The molecule has 2 aromatic carbocycles. The number of halogens is 1. The number of hydrogen-bond donors (Lipinski definition) is 0. The third kappa shape index (κ3) is 4.57. The lowest BCUT2D eigenvalue weighted by Crippen LogP contribution is -2.28. The lowest BCUT2D eigenvalue weighted by atomic mass is 9.99. The number of carbonyl (C=O) groups excluding carboxylic acids is 1. The second-order valence-corrected chi connectivity index (χ2v) is 7.09.